The molecule has 96 valence electrons. The van der Waals surface area contributed by atoms with Gasteiger partial charge in [0.2, 0.25) is 5.91 Å². The summed E-state index contributed by atoms with van der Waals surface area (Å²) in [6.45, 7) is 6.13. The summed E-state index contributed by atoms with van der Waals surface area (Å²) in [7, 11) is 0. The van der Waals surface area contributed by atoms with Crippen molar-refractivity contribution in [1.82, 2.24) is 5.32 Å². The summed E-state index contributed by atoms with van der Waals surface area (Å²) >= 11 is 0. The van der Waals surface area contributed by atoms with Crippen LogP contribution in [0.2, 0.25) is 0 Å². The summed E-state index contributed by atoms with van der Waals surface area (Å²) in [6.07, 6.45) is 1.41. The number of aliphatic imine (C=N–C) groups is 1. The van der Waals surface area contributed by atoms with Crippen LogP contribution in [0.25, 0.3) is 0 Å². The van der Waals surface area contributed by atoms with E-state index in [2.05, 4.69) is 22.4 Å². The molecule has 1 atom stereocenters. The van der Waals surface area contributed by atoms with Crippen molar-refractivity contribution in [2.75, 3.05) is 0 Å². The summed E-state index contributed by atoms with van der Waals surface area (Å²) < 4.78 is 0. The second kappa shape index (κ2) is 4.92. The third-order valence-electron chi connectivity index (χ3n) is 2.92. The number of hydrogen-bond acceptors (Lipinski definition) is 2. The smallest absolute Gasteiger partial charge is 0.225 e. The topological polar surface area (TPSA) is 41.5 Å². The van der Waals surface area contributed by atoms with Crippen molar-refractivity contribution < 1.29 is 4.79 Å². The van der Waals surface area contributed by atoms with Gasteiger partial charge in [0, 0.05) is 12.3 Å². The highest BCUT2D eigenvalue weighted by Gasteiger charge is 2.27. The highest BCUT2D eigenvalue weighted by molar-refractivity contribution is 6.04. The molecule has 1 amide bonds. The van der Waals surface area contributed by atoms with Crippen LogP contribution in [0.4, 0.5) is 0 Å². The van der Waals surface area contributed by atoms with E-state index in [0.717, 1.165) is 12.3 Å². The van der Waals surface area contributed by atoms with Crippen molar-refractivity contribution in [3.05, 3.63) is 35.9 Å². The second-order valence-electron chi connectivity index (χ2n) is 5.72. The van der Waals surface area contributed by atoms with E-state index in [-0.39, 0.29) is 17.4 Å². The van der Waals surface area contributed by atoms with Gasteiger partial charge in [-0.05, 0) is 32.8 Å². The zero-order valence-corrected chi connectivity index (χ0v) is 11.2. The van der Waals surface area contributed by atoms with Crippen LogP contribution in [0.3, 0.4) is 0 Å². The average Bonchev–Trinajstić information content (AvgIpc) is 2.28. The van der Waals surface area contributed by atoms with Gasteiger partial charge in [-0.15, -0.1) is 0 Å². The number of benzene rings is 1. The van der Waals surface area contributed by atoms with Crippen LogP contribution in [-0.4, -0.2) is 17.3 Å². The molecule has 1 fully saturated rings. The zero-order valence-electron chi connectivity index (χ0n) is 11.2. The second-order valence-corrected chi connectivity index (χ2v) is 5.72. The van der Waals surface area contributed by atoms with Crippen LogP contribution in [0.15, 0.2) is 35.3 Å². The fraction of sp³-hybridized carbons (Fsp3) is 0.467. The SMILES string of the molecule is CC(C)(C)N=C1NC(=O)CCC1c1ccccc1. The number of carbonyl (C=O) groups excluding carboxylic acids is 1. The predicted octanol–water partition coefficient (Wildman–Crippen LogP) is 2.88. The molecule has 1 unspecified atom stereocenters. The molecule has 0 radical (unpaired) electrons. The van der Waals surface area contributed by atoms with Crippen molar-refractivity contribution in [2.45, 2.75) is 45.1 Å². The van der Waals surface area contributed by atoms with Gasteiger partial charge in [0.25, 0.3) is 0 Å². The number of piperidine rings is 1. The molecule has 3 nitrogen and oxygen atoms in total. The lowest BCUT2D eigenvalue weighted by molar-refractivity contribution is -0.120. The fourth-order valence-electron chi connectivity index (χ4n) is 2.18. The molecule has 0 saturated carbocycles. The number of amides is 1. The standard InChI is InChI=1S/C15H20N2O/c1-15(2,3)17-14-12(9-10-13(18)16-14)11-7-5-4-6-8-11/h4-8,12H,9-10H2,1-3H3,(H,16,17,18). The minimum atomic E-state index is -0.174. The number of hydrogen-bond donors (Lipinski definition) is 1. The Labute approximate surface area is 108 Å². The van der Waals surface area contributed by atoms with Crippen LogP contribution in [-0.2, 0) is 4.79 Å². The van der Waals surface area contributed by atoms with Crippen LogP contribution < -0.4 is 5.32 Å². The number of carbonyl (C=O) groups is 1. The highest BCUT2D eigenvalue weighted by Crippen LogP contribution is 2.26. The molecular weight excluding hydrogens is 224 g/mol. The Morgan fingerprint density at radius 3 is 2.50 bits per heavy atom. The Morgan fingerprint density at radius 2 is 1.89 bits per heavy atom. The first-order chi connectivity index (χ1) is 8.46. The molecule has 18 heavy (non-hydrogen) atoms. The maximum absolute atomic E-state index is 11.5. The quantitative estimate of drug-likeness (QED) is 0.811. The monoisotopic (exact) mass is 244 g/mol. The number of amidine groups is 1. The number of rotatable bonds is 1. The molecule has 3 heteroatoms. The zero-order chi connectivity index (χ0) is 13.2. The molecule has 1 aliphatic rings. The molecule has 1 aromatic carbocycles. The first-order valence-corrected chi connectivity index (χ1v) is 6.40. The number of nitrogens with zero attached hydrogens (tertiary/aromatic N) is 1. The van der Waals surface area contributed by atoms with Crippen LogP contribution in [0, 0.1) is 0 Å². The van der Waals surface area contributed by atoms with Gasteiger partial charge in [-0.3, -0.25) is 9.79 Å². The highest BCUT2D eigenvalue weighted by atomic mass is 16.1. The van der Waals surface area contributed by atoms with Crippen molar-refractivity contribution in [1.29, 1.82) is 0 Å². The van der Waals surface area contributed by atoms with Gasteiger partial charge < -0.3 is 5.32 Å². The minimum absolute atomic E-state index is 0.0742. The van der Waals surface area contributed by atoms with E-state index in [1.807, 2.05) is 39.0 Å². The molecule has 1 N–H and O–H groups in total. The van der Waals surface area contributed by atoms with Crippen LogP contribution >= 0.6 is 0 Å². The molecular formula is C15H20N2O. The predicted molar refractivity (Wildman–Crippen MR) is 73.7 cm³/mol. The van der Waals surface area contributed by atoms with Crippen LogP contribution in [0.1, 0.15) is 45.1 Å². The van der Waals surface area contributed by atoms with E-state index in [1.54, 1.807) is 0 Å². The Kier molecular flexibility index (Phi) is 3.50. The normalized spacial score (nSPS) is 22.9. The molecule has 0 spiro atoms. The van der Waals surface area contributed by atoms with Crippen molar-refractivity contribution in [3.63, 3.8) is 0 Å². The van der Waals surface area contributed by atoms with Crippen molar-refractivity contribution in [3.8, 4) is 0 Å². The van der Waals surface area contributed by atoms with E-state index in [0.29, 0.717) is 6.42 Å². The summed E-state index contributed by atoms with van der Waals surface area (Å²) in [5, 5.41) is 2.93. The van der Waals surface area contributed by atoms with E-state index < -0.39 is 0 Å². The van der Waals surface area contributed by atoms with Crippen LogP contribution in [0.5, 0.6) is 0 Å². The Bertz CT molecular complexity index is 457. The molecule has 1 aromatic rings. The summed E-state index contributed by atoms with van der Waals surface area (Å²) in [4.78, 5) is 16.2. The lowest BCUT2D eigenvalue weighted by Crippen LogP contribution is -2.41. The largest absolute Gasteiger partial charge is 0.314 e. The van der Waals surface area contributed by atoms with E-state index in [1.165, 1.54) is 5.56 Å². The van der Waals surface area contributed by atoms with Gasteiger partial charge in [-0.2, -0.15) is 0 Å². The molecule has 1 saturated heterocycles. The molecule has 0 aliphatic carbocycles. The summed E-state index contributed by atoms with van der Waals surface area (Å²) in [6, 6.07) is 10.3. The Balaban J connectivity index is 2.33. The average molecular weight is 244 g/mol. The van der Waals surface area contributed by atoms with Gasteiger partial charge in [-0.1, -0.05) is 30.3 Å². The lowest BCUT2D eigenvalue weighted by atomic mass is 9.89. The van der Waals surface area contributed by atoms with Crippen molar-refractivity contribution >= 4 is 11.7 Å². The Morgan fingerprint density at radius 1 is 1.22 bits per heavy atom. The first-order valence-electron chi connectivity index (χ1n) is 6.40. The third-order valence-corrected chi connectivity index (χ3v) is 2.92. The van der Waals surface area contributed by atoms with Gasteiger partial charge in [0.1, 0.15) is 5.84 Å². The molecule has 1 heterocycles. The fourth-order valence-corrected chi connectivity index (χ4v) is 2.18. The van der Waals surface area contributed by atoms with E-state index in [9.17, 15) is 4.79 Å². The minimum Gasteiger partial charge on any atom is -0.314 e. The first kappa shape index (κ1) is 12.8. The third kappa shape index (κ3) is 3.19. The van der Waals surface area contributed by atoms with Gasteiger partial charge in [0.15, 0.2) is 0 Å². The van der Waals surface area contributed by atoms with Crippen molar-refractivity contribution in [2.24, 2.45) is 4.99 Å². The van der Waals surface area contributed by atoms with Gasteiger partial charge in [-0.25, -0.2) is 0 Å². The van der Waals surface area contributed by atoms with Gasteiger partial charge >= 0.3 is 0 Å². The maximum Gasteiger partial charge on any atom is 0.225 e. The maximum atomic E-state index is 11.5. The summed E-state index contributed by atoms with van der Waals surface area (Å²) in [5.74, 6) is 1.10. The molecule has 1 aliphatic heterocycles. The summed E-state index contributed by atoms with van der Waals surface area (Å²) in [5.41, 5.74) is 1.05. The van der Waals surface area contributed by atoms with E-state index >= 15 is 0 Å². The van der Waals surface area contributed by atoms with Gasteiger partial charge in [0.05, 0.1) is 5.54 Å². The molecule has 0 aromatic heterocycles. The Hall–Kier alpha value is -1.64. The lowest BCUT2D eigenvalue weighted by Gasteiger charge is -2.27. The number of nitrogens with one attached hydrogen (secondary N) is 1. The molecule has 0 bridgehead atoms. The molecule has 2 rings (SSSR count). The van der Waals surface area contributed by atoms with E-state index in [4.69, 9.17) is 0 Å².